The molecule has 3 rings (SSSR count). The van der Waals surface area contributed by atoms with Gasteiger partial charge in [-0.25, -0.2) is 13.2 Å². The van der Waals surface area contributed by atoms with Crippen LogP contribution in [-0.4, -0.2) is 62.3 Å². The zero-order chi connectivity index (χ0) is 27.2. The van der Waals surface area contributed by atoms with Crippen molar-refractivity contribution in [1.29, 1.82) is 10.5 Å². The van der Waals surface area contributed by atoms with Crippen molar-refractivity contribution in [2.24, 2.45) is 5.73 Å². The molecule has 3 amide bonds. The quantitative estimate of drug-likeness (QED) is 0.480. The van der Waals surface area contributed by atoms with Crippen molar-refractivity contribution in [2.75, 3.05) is 32.1 Å². The summed E-state index contributed by atoms with van der Waals surface area (Å²) in [7, 11) is -2.71. The summed E-state index contributed by atoms with van der Waals surface area (Å²) in [4.78, 5) is 39.1. The number of ether oxygens (including phenoxy) is 1. The Morgan fingerprint density at radius 3 is 2.32 bits per heavy atom. The smallest absolute Gasteiger partial charge is 0.409 e. The summed E-state index contributed by atoms with van der Waals surface area (Å²) in [5, 5.41) is 20.6. The Hall–Kier alpha value is -3.98. The molecule has 0 atom stereocenters. The van der Waals surface area contributed by atoms with Gasteiger partial charge in [-0.05, 0) is 36.2 Å². The first-order chi connectivity index (χ1) is 17.6. The predicted molar refractivity (Wildman–Crippen MR) is 133 cm³/mol. The molecule has 0 bridgehead atoms. The second-order valence-corrected chi connectivity index (χ2v) is 11.0. The molecule has 1 aliphatic heterocycles. The average Bonchev–Trinajstić information content (AvgIpc) is 3.25. The lowest BCUT2D eigenvalue weighted by atomic mass is 10.0. The first kappa shape index (κ1) is 27.6. The summed E-state index contributed by atoms with van der Waals surface area (Å²) in [5.41, 5.74) is 6.57. The number of nitrogens with two attached hydrogens (primary N) is 1. The van der Waals surface area contributed by atoms with Crippen LogP contribution in [0.25, 0.3) is 0 Å². The SMILES string of the molecule is COC(=O)N1CCc2c(sc(NC(=O)c3ccc(S(=O)(=O)N(CCC#N)CCC#N)cc3)c2C(N)=O)C1. The zero-order valence-corrected chi connectivity index (χ0v) is 21.5. The lowest BCUT2D eigenvalue weighted by molar-refractivity contribution is 0.0999. The number of fused-ring (bicyclic) bond motifs is 1. The topological polar surface area (TPSA) is 187 Å². The highest BCUT2D eigenvalue weighted by Crippen LogP contribution is 2.37. The summed E-state index contributed by atoms with van der Waals surface area (Å²) in [6, 6.07) is 8.95. The van der Waals surface area contributed by atoms with Gasteiger partial charge in [-0.1, -0.05) is 0 Å². The van der Waals surface area contributed by atoms with E-state index < -0.39 is 27.9 Å². The normalized spacial score (nSPS) is 12.8. The molecule has 3 N–H and O–H groups in total. The van der Waals surface area contributed by atoms with E-state index in [9.17, 15) is 22.8 Å². The molecule has 12 nitrogen and oxygen atoms in total. The molecule has 1 aliphatic rings. The van der Waals surface area contributed by atoms with Crippen LogP contribution in [-0.2, 0) is 27.7 Å². The molecule has 0 unspecified atom stereocenters. The summed E-state index contributed by atoms with van der Waals surface area (Å²) in [5.74, 6) is -1.30. The number of carbonyl (C=O) groups is 3. The van der Waals surface area contributed by atoms with Crippen molar-refractivity contribution in [1.82, 2.24) is 9.21 Å². The van der Waals surface area contributed by atoms with Crippen LogP contribution in [0.4, 0.5) is 9.80 Å². The summed E-state index contributed by atoms with van der Waals surface area (Å²) in [6.07, 6.45) is -0.194. The van der Waals surface area contributed by atoms with Crippen LogP contribution in [0.2, 0.25) is 0 Å². The monoisotopic (exact) mass is 544 g/mol. The minimum atomic E-state index is -3.98. The number of methoxy groups -OCH3 is 1. The molecule has 194 valence electrons. The molecule has 1 aromatic carbocycles. The minimum absolute atomic E-state index is 0.0322. The highest BCUT2D eigenvalue weighted by Gasteiger charge is 2.30. The number of nitriles is 2. The van der Waals surface area contributed by atoms with Crippen LogP contribution >= 0.6 is 11.3 Å². The van der Waals surface area contributed by atoms with Crippen LogP contribution in [0, 0.1) is 22.7 Å². The number of anilines is 1. The number of primary amides is 1. The van der Waals surface area contributed by atoms with Gasteiger partial charge in [0.15, 0.2) is 0 Å². The van der Waals surface area contributed by atoms with E-state index in [1.807, 2.05) is 12.1 Å². The third kappa shape index (κ3) is 6.06. The van der Waals surface area contributed by atoms with Gasteiger partial charge in [0.2, 0.25) is 10.0 Å². The second kappa shape index (κ2) is 11.8. The molecule has 1 aromatic heterocycles. The van der Waals surface area contributed by atoms with E-state index in [0.29, 0.717) is 23.4 Å². The van der Waals surface area contributed by atoms with Crippen molar-refractivity contribution in [3.63, 3.8) is 0 Å². The first-order valence-corrected chi connectivity index (χ1v) is 13.3. The molecule has 0 radical (unpaired) electrons. The standard InChI is InChI=1S/C23H24N6O6S2/c1-35-23(32)28-13-8-17-18(14-28)36-22(19(17)20(26)30)27-21(31)15-4-6-16(7-5-15)37(33,34)29(11-2-9-24)12-3-10-25/h4-7H,2-3,8,11-14H2,1H3,(H2,26,30)(H,27,31). The number of carbonyl (C=O) groups excluding carboxylic acids is 3. The van der Waals surface area contributed by atoms with Crippen LogP contribution < -0.4 is 11.1 Å². The van der Waals surface area contributed by atoms with E-state index in [1.54, 1.807) is 0 Å². The molecule has 0 saturated heterocycles. The maximum Gasteiger partial charge on any atom is 0.409 e. The van der Waals surface area contributed by atoms with Gasteiger partial charge < -0.3 is 20.7 Å². The number of nitrogens with zero attached hydrogens (tertiary/aromatic N) is 4. The number of hydrogen-bond acceptors (Lipinski definition) is 9. The molecule has 0 aliphatic carbocycles. The van der Waals surface area contributed by atoms with E-state index in [4.69, 9.17) is 21.0 Å². The minimum Gasteiger partial charge on any atom is -0.453 e. The van der Waals surface area contributed by atoms with Crippen molar-refractivity contribution in [2.45, 2.75) is 30.7 Å². The largest absolute Gasteiger partial charge is 0.453 e. The highest BCUT2D eigenvalue weighted by molar-refractivity contribution is 7.89. The van der Waals surface area contributed by atoms with E-state index in [-0.39, 0.29) is 53.5 Å². The molecule has 2 heterocycles. The Morgan fingerprint density at radius 1 is 1.16 bits per heavy atom. The fraction of sp³-hybridized carbons (Fsp3) is 0.348. The van der Waals surface area contributed by atoms with Gasteiger partial charge in [0.05, 0.1) is 36.3 Å². The first-order valence-electron chi connectivity index (χ1n) is 11.1. The summed E-state index contributed by atoms with van der Waals surface area (Å²) in [6.45, 7) is 0.424. The van der Waals surface area contributed by atoms with Crippen molar-refractivity contribution in [3.8, 4) is 12.1 Å². The fourth-order valence-electron chi connectivity index (χ4n) is 3.84. The number of rotatable bonds is 9. The lowest BCUT2D eigenvalue weighted by Crippen LogP contribution is -2.35. The van der Waals surface area contributed by atoms with Gasteiger partial charge in [0.1, 0.15) is 5.00 Å². The third-order valence-electron chi connectivity index (χ3n) is 5.66. The molecule has 2 aromatic rings. The Morgan fingerprint density at radius 2 is 1.78 bits per heavy atom. The van der Waals surface area contributed by atoms with Crippen LogP contribution in [0.1, 0.15) is 44.0 Å². The maximum absolute atomic E-state index is 13.0. The van der Waals surface area contributed by atoms with Gasteiger partial charge in [-0.2, -0.15) is 14.8 Å². The molecule has 0 fully saturated rings. The second-order valence-electron chi connectivity index (χ2n) is 7.91. The molecule has 37 heavy (non-hydrogen) atoms. The Kier molecular flexibility index (Phi) is 8.83. The highest BCUT2D eigenvalue weighted by atomic mass is 32.2. The number of thiophene rings is 1. The Labute approximate surface area is 217 Å². The van der Waals surface area contributed by atoms with E-state index >= 15 is 0 Å². The average molecular weight is 545 g/mol. The number of sulfonamides is 1. The molecular formula is C23H24N6O6S2. The third-order valence-corrected chi connectivity index (χ3v) is 8.71. The van der Waals surface area contributed by atoms with E-state index in [0.717, 1.165) is 15.6 Å². The molecule has 14 heteroatoms. The van der Waals surface area contributed by atoms with E-state index in [2.05, 4.69) is 5.32 Å². The van der Waals surface area contributed by atoms with Crippen LogP contribution in [0.3, 0.4) is 0 Å². The van der Waals surface area contributed by atoms with Gasteiger partial charge in [-0.15, -0.1) is 11.3 Å². The molecule has 0 saturated carbocycles. The molecular weight excluding hydrogens is 520 g/mol. The van der Waals surface area contributed by atoms with Crippen LogP contribution in [0.5, 0.6) is 0 Å². The summed E-state index contributed by atoms with van der Waals surface area (Å²) < 4.78 is 31.7. The molecule has 0 spiro atoms. The number of amides is 3. The van der Waals surface area contributed by atoms with Crippen LogP contribution in [0.15, 0.2) is 29.2 Å². The number of hydrogen-bond donors (Lipinski definition) is 2. The summed E-state index contributed by atoms with van der Waals surface area (Å²) >= 11 is 1.13. The Balaban J connectivity index is 1.82. The van der Waals surface area contributed by atoms with Gasteiger partial charge >= 0.3 is 6.09 Å². The number of benzene rings is 1. The van der Waals surface area contributed by atoms with Gasteiger partial charge in [0, 0.05) is 42.9 Å². The fourth-order valence-corrected chi connectivity index (χ4v) is 6.55. The van der Waals surface area contributed by atoms with Gasteiger partial charge in [0.25, 0.3) is 11.8 Å². The van der Waals surface area contributed by atoms with Gasteiger partial charge in [-0.3, -0.25) is 9.59 Å². The van der Waals surface area contributed by atoms with Crippen molar-refractivity contribution >= 4 is 44.3 Å². The lowest BCUT2D eigenvalue weighted by Gasteiger charge is -2.25. The van der Waals surface area contributed by atoms with Crippen molar-refractivity contribution < 1.29 is 27.5 Å². The predicted octanol–water partition coefficient (Wildman–Crippen LogP) is 2.04. The maximum atomic E-state index is 13.0. The Bertz CT molecular complexity index is 1370. The number of nitrogens with one attached hydrogen (secondary N) is 1. The zero-order valence-electron chi connectivity index (χ0n) is 19.9. The van der Waals surface area contributed by atoms with E-state index in [1.165, 1.54) is 36.3 Å². The van der Waals surface area contributed by atoms with Crippen molar-refractivity contribution in [3.05, 3.63) is 45.8 Å².